The van der Waals surface area contributed by atoms with Gasteiger partial charge in [0.15, 0.2) is 0 Å². The Morgan fingerprint density at radius 2 is 1.53 bits per heavy atom. The first-order chi connectivity index (χ1) is 15.2. The Labute approximate surface area is 187 Å². The summed E-state index contributed by atoms with van der Waals surface area (Å²) in [5.41, 5.74) is 3.67. The number of anilines is 1. The maximum Gasteiger partial charge on any atom is 0.251 e. The Bertz CT molecular complexity index is 1190. The van der Waals surface area contributed by atoms with Gasteiger partial charge in [-0.05, 0) is 47.9 Å². The van der Waals surface area contributed by atoms with Crippen molar-refractivity contribution in [3.8, 4) is 11.1 Å². The molecule has 3 N–H and O–H groups in total. The maximum atomic E-state index is 12.4. The molecule has 3 rings (SSSR count). The Hall–Kier alpha value is -3.65. The van der Waals surface area contributed by atoms with Gasteiger partial charge in [0.2, 0.25) is 15.9 Å². The molecule has 3 aromatic rings. The van der Waals surface area contributed by atoms with Gasteiger partial charge < -0.3 is 10.6 Å². The lowest BCUT2D eigenvalue weighted by molar-refractivity contribution is -0.120. The van der Waals surface area contributed by atoms with Crippen LogP contribution in [0.4, 0.5) is 5.69 Å². The molecular formula is C24H25N3O4S. The quantitative estimate of drug-likeness (QED) is 0.489. The Balaban J connectivity index is 1.53. The molecule has 1 atom stereocenters. The average Bonchev–Trinajstić information content (AvgIpc) is 2.77. The second-order valence-corrected chi connectivity index (χ2v) is 9.16. The molecule has 0 heterocycles. The topological polar surface area (TPSA) is 104 Å². The van der Waals surface area contributed by atoms with E-state index in [1.54, 1.807) is 43.3 Å². The van der Waals surface area contributed by atoms with E-state index in [2.05, 4.69) is 15.4 Å². The van der Waals surface area contributed by atoms with E-state index in [1.807, 2.05) is 42.5 Å². The van der Waals surface area contributed by atoms with Crippen molar-refractivity contribution < 1.29 is 18.0 Å². The molecular weight excluding hydrogens is 426 g/mol. The summed E-state index contributed by atoms with van der Waals surface area (Å²) in [6.07, 6.45) is 1.07. The number of carbonyl (C=O) groups excluding carboxylic acids is 2. The van der Waals surface area contributed by atoms with E-state index < -0.39 is 10.0 Å². The highest BCUT2D eigenvalue weighted by Gasteiger charge is 2.13. The zero-order valence-electron chi connectivity index (χ0n) is 17.8. The number of nitrogens with one attached hydrogen (secondary N) is 3. The second-order valence-electron chi connectivity index (χ2n) is 7.41. The van der Waals surface area contributed by atoms with Gasteiger partial charge in [-0.25, -0.2) is 8.42 Å². The number of rotatable bonds is 8. The van der Waals surface area contributed by atoms with Crippen LogP contribution in [0.5, 0.6) is 0 Å². The van der Waals surface area contributed by atoms with Crippen LogP contribution in [0.25, 0.3) is 11.1 Å². The molecule has 166 valence electrons. The van der Waals surface area contributed by atoms with Crippen molar-refractivity contribution in [1.29, 1.82) is 0 Å². The second kappa shape index (κ2) is 10.1. The highest BCUT2D eigenvalue weighted by molar-refractivity contribution is 7.92. The third-order valence-corrected chi connectivity index (χ3v) is 5.34. The first kappa shape index (κ1) is 23.0. The molecule has 0 saturated carbocycles. The normalized spacial score (nSPS) is 11.9. The smallest absolute Gasteiger partial charge is 0.251 e. The van der Waals surface area contributed by atoms with Gasteiger partial charge >= 0.3 is 0 Å². The summed E-state index contributed by atoms with van der Waals surface area (Å²) in [4.78, 5) is 24.7. The molecule has 0 saturated heterocycles. The molecule has 0 aliphatic carbocycles. The monoisotopic (exact) mass is 451 g/mol. The van der Waals surface area contributed by atoms with Crippen molar-refractivity contribution >= 4 is 27.5 Å². The molecule has 0 fully saturated rings. The molecule has 8 heteroatoms. The number of sulfonamides is 1. The van der Waals surface area contributed by atoms with E-state index in [9.17, 15) is 18.0 Å². The minimum atomic E-state index is -3.39. The Morgan fingerprint density at radius 1 is 0.875 bits per heavy atom. The fourth-order valence-electron chi connectivity index (χ4n) is 3.17. The van der Waals surface area contributed by atoms with Gasteiger partial charge in [-0.15, -0.1) is 0 Å². The van der Waals surface area contributed by atoms with Gasteiger partial charge in [-0.3, -0.25) is 14.3 Å². The van der Waals surface area contributed by atoms with E-state index >= 15 is 0 Å². The first-order valence-corrected chi connectivity index (χ1v) is 11.9. The molecule has 2 amide bonds. The average molecular weight is 452 g/mol. The molecule has 0 radical (unpaired) electrons. The Kier molecular flexibility index (Phi) is 7.27. The summed E-state index contributed by atoms with van der Waals surface area (Å²) in [5, 5.41) is 5.41. The van der Waals surface area contributed by atoms with Crippen LogP contribution in [0.2, 0.25) is 0 Å². The molecule has 0 aromatic heterocycles. The minimum Gasteiger partial charge on any atom is -0.348 e. The highest BCUT2D eigenvalue weighted by atomic mass is 32.2. The van der Waals surface area contributed by atoms with Gasteiger partial charge in [0.1, 0.15) is 0 Å². The maximum absolute atomic E-state index is 12.4. The van der Waals surface area contributed by atoms with Gasteiger partial charge in [0, 0.05) is 11.3 Å². The molecule has 0 bridgehead atoms. The SMILES string of the molecule is CC(NC(=O)CNC(=O)c1ccc(-c2ccccc2)cc1)c1cccc(NS(C)(=O)=O)c1. The van der Waals surface area contributed by atoms with Crippen LogP contribution in [0.15, 0.2) is 78.9 Å². The first-order valence-electron chi connectivity index (χ1n) is 10.0. The predicted octanol–water partition coefficient (Wildman–Crippen LogP) is 3.33. The van der Waals surface area contributed by atoms with Crippen LogP contribution in [0.3, 0.4) is 0 Å². The molecule has 32 heavy (non-hydrogen) atoms. The van der Waals surface area contributed by atoms with E-state index in [1.165, 1.54) is 0 Å². The summed E-state index contributed by atoms with van der Waals surface area (Å²) in [6, 6.07) is 23.4. The third-order valence-electron chi connectivity index (χ3n) is 4.73. The fourth-order valence-corrected chi connectivity index (χ4v) is 3.72. The predicted molar refractivity (Wildman–Crippen MR) is 126 cm³/mol. The van der Waals surface area contributed by atoms with E-state index in [4.69, 9.17) is 0 Å². The lowest BCUT2D eigenvalue weighted by Crippen LogP contribution is -2.38. The number of carbonyl (C=O) groups is 2. The van der Waals surface area contributed by atoms with Gasteiger partial charge in [0.05, 0.1) is 18.8 Å². The molecule has 0 spiro atoms. The van der Waals surface area contributed by atoms with Crippen LogP contribution in [0.1, 0.15) is 28.9 Å². The Morgan fingerprint density at radius 3 is 2.19 bits per heavy atom. The van der Waals surface area contributed by atoms with Crippen molar-refractivity contribution in [3.05, 3.63) is 90.0 Å². The molecule has 1 unspecified atom stereocenters. The van der Waals surface area contributed by atoms with Crippen molar-refractivity contribution in [1.82, 2.24) is 10.6 Å². The summed E-state index contributed by atoms with van der Waals surface area (Å²) in [5.74, 6) is -0.694. The van der Waals surface area contributed by atoms with Gasteiger partial charge in [-0.1, -0.05) is 54.6 Å². The molecule has 7 nitrogen and oxygen atoms in total. The van der Waals surface area contributed by atoms with Crippen molar-refractivity contribution in [2.24, 2.45) is 0 Å². The zero-order chi connectivity index (χ0) is 23.1. The highest BCUT2D eigenvalue weighted by Crippen LogP contribution is 2.20. The zero-order valence-corrected chi connectivity index (χ0v) is 18.6. The largest absolute Gasteiger partial charge is 0.348 e. The van der Waals surface area contributed by atoms with E-state index in [0.717, 1.165) is 22.9 Å². The molecule has 0 aliphatic heterocycles. The summed E-state index contributed by atoms with van der Waals surface area (Å²) >= 11 is 0. The van der Waals surface area contributed by atoms with Crippen molar-refractivity contribution in [2.75, 3.05) is 17.5 Å². The fraction of sp³-hybridized carbons (Fsp3) is 0.167. The summed E-state index contributed by atoms with van der Waals surface area (Å²) in [7, 11) is -3.39. The third kappa shape index (κ3) is 6.68. The van der Waals surface area contributed by atoms with E-state index in [-0.39, 0.29) is 24.4 Å². The van der Waals surface area contributed by atoms with Crippen molar-refractivity contribution in [3.63, 3.8) is 0 Å². The van der Waals surface area contributed by atoms with Crippen LogP contribution < -0.4 is 15.4 Å². The van der Waals surface area contributed by atoms with Crippen molar-refractivity contribution in [2.45, 2.75) is 13.0 Å². The summed E-state index contributed by atoms with van der Waals surface area (Å²) in [6.45, 7) is 1.60. The van der Waals surface area contributed by atoms with Gasteiger partial charge in [-0.2, -0.15) is 0 Å². The van der Waals surface area contributed by atoms with Crippen LogP contribution in [0, 0.1) is 0 Å². The lowest BCUT2D eigenvalue weighted by atomic mass is 10.0. The van der Waals surface area contributed by atoms with Crippen LogP contribution in [-0.4, -0.2) is 33.0 Å². The standard InChI is InChI=1S/C24H25N3O4S/c1-17(21-9-6-10-22(15-21)27-32(2,30)31)26-23(28)16-25-24(29)20-13-11-19(12-14-20)18-7-4-3-5-8-18/h3-15,17,27H,16H2,1-2H3,(H,25,29)(H,26,28). The number of hydrogen-bond donors (Lipinski definition) is 3. The number of amides is 2. The molecule has 0 aliphatic rings. The summed E-state index contributed by atoms with van der Waals surface area (Å²) < 4.78 is 25.2. The number of hydrogen-bond acceptors (Lipinski definition) is 4. The lowest BCUT2D eigenvalue weighted by Gasteiger charge is -2.16. The van der Waals surface area contributed by atoms with Crippen LogP contribution >= 0.6 is 0 Å². The molecule has 3 aromatic carbocycles. The van der Waals surface area contributed by atoms with Gasteiger partial charge in [0.25, 0.3) is 5.91 Å². The number of benzene rings is 3. The van der Waals surface area contributed by atoms with E-state index in [0.29, 0.717) is 11.3 Å². The van der Waals surface area contributed by atoms with Crippen LogP contribution in [-0.2, 0) is 14.8 Å². The minimum absolute atomic E-state index is 0.176.